The molecule has 2 aromatic rings. The van der Waals surface area contributed by atoms with Crippen LogP contribution in [-0.4, -0.2) is 51.5 Å². The quantitative estimate of drug-likeness (QED) is 0.856. The van der Waals surface area contributed by atoms with Crippen molar-refractivity contribution in [1.82, 2.24) is 19.8 Å². The summed E-state index contributed by atoms with van der Waals surface area (Å²) in [5, 5.41) is 8.33. The van der Waals surface area contributed by atoms with Crippen molar-refractivity contribution in [2.75, 3.05) is 19.7 Å². The van der Waals surface area contributed by atoms with Crippen molar-refractivity contribution in [2.24, 2.45) is 0 Å². The molecule has 7 nitrogen and oxygen atoms in total. The molecule has 3 heterocycles. The van der Waals surface area contributed by atoms with E-state index in [0.29, 0.717) is 32.0 Å². The number of amides is 1. The van der Waals surface area contributed by atoms with Crippen molar-refractivity contribution >= 4 is 5.91 Å². The highest BCUT2D eigenvalue weighted by molar-refractivity contribution is 5.93. The van der Waals surface area contributed by atoms with Crippen LogP contribution in [0.3, 0.4) is 0 Å². The van der Waals surface area contributed by atoms with Gasteiger partial charge < -0.3 is 14.2 Å². The monoisotopic (exact) mass is 330 g/mol. The third kappa shape index (κ3) is 3.08. The molecule has 1 saturated heterocycles. The molecule has 1 atom stereocenters. The lowest BCUT2D eigenvalue weighted by Gasteiger charge is -2.23. The van der Waals surface area contributed by atoms with Gasteiger partial charge in [-0.2, -0.15) is 5.10 Å². The number of aryl methyl sites for hydroxylation is 1. The van der Waals surface area contributed by atoms with E-state index in [1.807, 2.05) is 21.8 Å². The van der Waals surface area contributed by atoms with Crippen LogP contribution in [0.5, 0.6) is 0 Å². The first-order valence-electron chi connectivity index (χ1n) is 8.67. The fourth-order valence-electron chi connectivity index (χ4n) is 3.51. The largest absolute Gasteiger partial charge is 0.374 e. The molecule has 0 N–H and O–H groups in total. The Kier molecular flexibility index (Phi) is 4.34. The SMILES string of the molecule is O=C(c1onc2c1CCCC2)N1CCCO[C@H](Cn2cccn2)C1. The summed E-state index contributed by atoms with van der Waals surface area (Å²) in [6.45, 7) is 2.54. The Morgan fingerprint density at radius 2 is 2.21 bits per heavy atom. The fraction of sp³-hybridized carbons (Fsp3) is 0.588. The second-order valence-corrected chi connectivity index (χ2v) is 6.47. The van der Waals surface area contributed by atoms with Gasteiger partial charge >= 0.3 is 0 Å². The molecular formula is C17H22N4O3. The second-order valence-electron chi connectivity index (χ2n) is 6.47. The lowest BCUT2D eigenvalue weighted by atomic mass is 9.96. The number of hydrogen-bond acceptors (Lipinski definition) is 5. The van der Waals surface area contributed by atoms with E-state index in [2.05, 4.69) is 10.3 Å². The molecule has 7 heteroatoms. The van der Waals surface area contributed by atoms with Gasteiger partial charge in [0.1, 0.15) is 0 Å². The van der Waals surface area contributed by atoms with Crippen molar-refractivity contribution in [2.45, 2.75) is 44.8 Å². The Balaban J connectivity index is 1.49. The van der Waals surface area contributed by atoms with Gasteiger partial charge in [0.25, 0.3) is 5.91 Å². The molecule has 0 bridgehead atoms. The van der Waals surface area contributed by atoms with Gasteiger partial charge in [0.05, 0.1) is 18.3 Å². The van der Waals surface area contributed by atoms with Crippen LogP contribution < -0.4 is 0 Å². The maximum absolute atomic E-state index is 12.9. The number of ether oxygens (including phenoxy) is 1. The van der Waals surface area contributed by atoms with Crippen LogP contribution in [0.2, 0.25) is 0 Å². The Labute approximate surface area is 140 Å². The van der Waals surface area contributed by atoms with Gasteiger partial charge in [0.15, 0.2) is 0 Å². The van der Waals surface area contributed by atoms with Crippen LogP contribution in [0.25, 0.3) is 0 Å². The second kappa shape index (κ2) is 6.76. The van der Waals surface area contributed by atoms with E-state index in [1.165, 1.54) is 0 Å². The van der Waals surface area contributed by atoms with Crippen LogP contribution in [-0.2, 0) is 24.1 Å². The number of nitrogens with zero attached hydrogens (tertiary/aromatic N) is 4. The zero-order chi connectivity index (χ0) is 16.4. The topological polar surface area (TPSA) is 73.4 Å². The maximum atomic E-state index is 12.9. The Bertz CT molecular complexity index is 695. The van der Waals surface area contributed by atoms with E-state index in [1.54, 1.807) is 6.20 Å². The molecule has 0 saturated carbocycles. The predicted molar refractivity (Wildman–Crippen MR) is 85.6 cm³/mol. The molecule has 2 aromatic heterocycles. The van der Waals surface area contributed by atoms with Crippen molar-refractivity contribution in [3.63, 3.8) is 0 Å². The summed E-state index contributed by atoms with van der Waals surface area (Å²) in [4.78, 5) is 14.8. The smallest absolute Gasteiger partial charge is 0.292 e. The number of carbonyl (C=O) groups excluding carboxylic acids is 1. The predicted octanol–water partition coefficient (Wildman–Crippen LogP) is 1.68. The molecule has 1 aliphatic heterocycles. The van der Waals surface area contributed by atoms with Crippen LogP contribution >= 0.6 is 0 Å². The van der Waals surface area contributed by atoms with Gasteiger partial charge in [-0.25, -0.2) is 0 Å². The van der Waals surface area contributed by atoms with Crippen LogP contribution in [0.1, 0.15) is 41.1 Å². The van der Waals surface area contributed by atoms with Gasteiger partial charge in [-0.3, -0.25) is 9.48 Å². The number of aromatic nitrogens is 3. The van der Waals surface area contributed by atoms with Crippen molar-refractivity contribution < 1.29 is 14.1 Å². The summed E-state index contributed by atoms with van der Waals surface area (Å²) in [5.41, 5.74) is 1.98. The van der Waals surface area contributed by atoms with Gasteiger partial charge in [0.2, 0.25) is 5.76 Å². The highest BCUT2D eigenvalue weighted by atomic mass is 16.5. The van der Waals surface area contributed by atoms with Gasteiger partial charge in [-0.15, -0.1) is 0 Å². The summed E-state index contributed by atoms with van der Waals surface area (Å²) in [6.07, 6.45) is 8.45. The zero-order valence-corrected chi connectivity index (χ0v) is 13.7. The molecular weight excluding hydrogens is 308 g/mol. The van der Waals surface area contributed by atoms with E-state index < -0.39 is 0 Å². The fourth-order valence-corrected chi connectivity index (χ4v) is 3.51. The maximum Gasteiger partial charge on any atom is 0.292 e. The third-order valence-electron chi connectivity index (χ3n) is 4.74. The lowest BCUT2D eigenvalue weighted by molar-refractivity contribution is 0.0355. The van der Waals surface area contributed by atoms with Crippen LogP contribution in [0.4, 0.5) is 0 Å². The summed E-state index contributed by atoms with van der Waals surface area (Å²) in [6, 6.07) is 1.89. The first-order valence-corrected chi connectivity index (χ1v) is 8.67. The molecule has 1 fully saturated rings. The minimum atomic E-state index is -0.0601. The standard InChI is InChI=1S/C17H22N4O3/c22-17(16-14-5-1-2-6-15(14)19-24-16)20-8-4-10-23-13(11-20)12-21-9-3-7-18-21/h3,7,9,13H,1-2,4-6,8,10-12H2/t13-/m0/s1. The van der Waals surface area contributed by atoms with Crippen LogP contribution in [0.15, 0.2) is 23.0 Å². The molecule has 1 aliphatic carbocycles. The first kappa shape index (κ1) is 15.4. The van der Waals surface area contributed by atoms with E-state index in [4.69, 9.17) is 9.26 Å². The number of fused-ring (bicyclic) bond motifs is 1. The highest BCUT2D eigenvalue weighted by Gasteiger charge is 2.30. The average molecular weight is 330 g/mol. The Morgan fingerprint density at radius 1 is 1.29 bits per heavy atom. The zero-order valence-electron chi connectivity index (χ0n) is 13.7. The summed E-state index contributed by atoms with van der Waals surface area (Å²) >= 11 is 0. The minimum Gasteiger partial charge on any atom is -0.374 e. The number of hydrogen-bond donors (Lipinski definition) is 0. The molecule has 0 radical (unpaired) electrons. The van der Waals surface area contributed by atoms with Gasteiger partial charge in [-0.1, -0.05) is 5.16 Å². The van der Waals surface area contributed by atoms with E-state index in [9.17, 15) is 4.79 Å². The van der Waals surface area contributed by atoms with E-state index >= 15 is 0 Å². The normalized spacial score (nSPS) is 21.3. The summed E-state index contributed by atoms with van der Waals surface area (Å²) in [5.74, 6) is 0.381. The van der Waals surface area contributed by atoms with Crippen molar-refractivity contribution in [3.05, 3.63) is 35.5 Å². The molecule has 0 aromatic carbocycles. The molecule has 4 rings (SSSR count). The summed E-state index contributed by atoms with van der Waals surface area (Å²) < 4.78 is 13.1. The molecule has 0 unspecified atom stereocenters. The van der Waals surface area contributed by atoms with Gasteiger partial charge in [0, 0.05) is 37.7 Å². The Hall–Kier alpha value is -2.15. The van der Waals surface area contributed by atoms with E-state index in [-0.39, 0.29) is 12.0 Å². The first-order chi connectivity index (χ1) is 11.8. The summed E-state index contributed by atoms with van der Waals surface area (Å²) in [7, 11) is 0. The molecule has 0 spiro atoms. The third-order valence-corrected chi connectivity index (χ3v) is 4.74. The Morgan fingerprint density at radius 3 is 3.08 bits per heavy atom. The number of carbonyl (C=O) groups is 1. The average Bonchev–Trinajstić information content (AvgIpc) is 3.20. The number of rotatable bonds is 3. The lowest BCUT2D eigenvalue weighted by Crippen LogP contribution is -2.38. The van der Waals surface area contributed by atoms with Gasteiger partial charge in [-0.05, 0) is 38.2 Å². The molecule has 1 amide bonds. The van der Waals surface area contributed by atoms with Crippen LogP contribution in [0, 0.1) is 0 Å². The molecule has 24 heavy (non-hydrogen) atoms. The molecule has 2 aliphatic rings. The minimum absolute atomic E-state index is 0.0541. The van der Waals surface area contributed by atoms with Crippen molar-refractivity contribution in [1.29, 1.82) is 0 Å². The highest BCUT2D eigenvalue weighted by Crippen LogP contribution is 2.25. The van der Waals surface area contributed by atoms with E-state index in [0.717, 1.165) is 43.4 Å². The van der Waals surface area contributed by atoms with Crippen molar-refractivity contribution in [3.8, 4) is 0 Å². The molecule has 128 valence electrons.